The van der Waals surface area contributed by atoms with Gasteiger partial charge in [-0.05, 0) is 44.0 Å². The molecule has 1 atom stereocenters. The maximum atomic E-state index is 3.56. The van der Waals surface area contributed by atoms with Gasteiger partial charge in [0.15, 0.2) is 0 Å². The fourth-order valence-electron chi connectivity index (χ4n) is 3.19. The molecule has 0 bridgehead atoms. The van der Waals surface area contributed by atoms with Crippen LogP contribution in [-0.2, 0) is 6.54 Å². The minimum Gasteiger partial charge on any atom is -0.312 e. The topological polar surface area (TPSA) is 15.3 Å². The highest BCUT2D eigenvalue weighted by Gasteiger charge is 2.23. The van der Waals surface area contributed by atoms with E-state index in [1.165, 1.54) is 43.6 Å². The Kier molecular flexibility index (Phi) is 3.17. The Morgan fingerprint density at radius 2 is 2.12 bits per heavy atom. The molecule has 17 heavy (non-hydrogen) atoms. The quantitative estimate of drug-likeness (QED) is 0.838. The monoisotopic (exact) mass is 230 g/mol. The molecule has 2 heteroatoms. The molecule has 0 radical (unpaired) electrons. The molecule has 0 aliphatic carbocycles. The minimum atomic E-state index is 0.691. The van der Waals surface area contributed by atoms with Gasteiger partial charge in [0.1, 0.15) is 0 Å². The number of hydrogen-bond donors (Lipinski definition) is 1. The van der Waals surface area contributed by atoms with E-state index in [1.807, 2.05) is 0 Å². The van der Waals surface area contributed by atoms with Crippen LogP contribution in [0.3, 0.4) is 0 Å². The first-order valence-electron chi connectivity index (χ1n) is 6.85. The second-order valence-electron chi connectivity index (χ2n) is 5.54. The van der Waals surface area contributed by atoms with E-state index in [-0.39, 0.29) is 0 Å². The van der Waals surface area contributed by atoms with Gasteiger partial charge >= 0.3 is 0 Å². The van der Waals surface area contributed by atoms with Gasteiger partial charge in [-0.25, -0.2) is 0 Å². The molecule has 1 unspecified atom stereocenters. The maximum absolute atomic E-state index is 3.56. The Morgan fingerprint density at radius 1 is 1.29 bits per heavy atom. The van der Waals surface area contributed by atoms with Crippen molar-refractivity contribution in [2.45, 2.75) is 32.2 Å². The molecule has 2 nitrogen and oxygen atoms in total. The van der Waals surface area contributed by atoms with Crippen molar-refractivity contribution in [1.82, 2.24) is 10.2 Å². The zero-order valence-electron chi connectivity index (χ0n) is 10.7. The second kappa shape index (κ2) is 4.79. The third kappa shape index (κ3) is 2.38. The minimum absolute atomic E-state index is 0.691. The summed E-state index contributed by atoms with van der Waals surface area (Å²) in [6, 6.07) is 6.93. The van der Waals surface area contributed by atoms with Crippen molar-refractivity contribution in [3.63, 3.8) is 0 Å². The van der Waals surface area contributed by atoms with Crippen LogP contribution in [-0.4, -0.2) is 31.1 Å². The van der Waals surface area contributed by atoms with E-state index in [1.54, 1.807) is 5.56 Å². The summed E-state index contributed by atoms with van der Waals surface area (Å²) < 4.78 is 0. The molecule has 0 amide bonds. The first-order chi connectivity index (χ1) is 8.33. The normalized spacial score (nSPS) is 24.9. The first kappa shape index (κ1) is 11.2. The highest BCUT2D eigenvalue weighted by Crippen LogP contribution is 2.26. The summed E-state index contributed by atoms with van der Waals surface area (Å²) in [7, 11) is 0. The molecule has 0 aromatic heterocycles. The highest BCUT2D eigenvalue weighted by molar-refractivity contribution is 5.36. The van der Waals surface area contributed by atoms with Crippen molar-refractivity contribution in [3.05, 3.63) is 34.9 Å². The molecule has 2 heterocycles. The summed E-state index contributed by atoms with van der Waals surface area (Å²) in [5.74, 6) is 0.691. The van der Waals surface area contributed by atoms with Gasteiger partial charge in [0.2, 0.25) is 0 Å². The number of aryl methyl sites for hydroxylation is 1. The third-order valence-corrected chi connectivity index (χ3v) is 4.12. The van der Waals surface area contributed by atoms with Gasteiger partial charge in [0, 0.05) is 25.6 Å². The van der Waals surface area contributed by atoms with Crippen LogP contribution in [0.1, 0.15) is 35.4 Å². The molecule has 3 rings (SSSR count). The van der Waals surface area contributed by atoms with Crippen LogP contribution >= 0.6 is 0 Å². The van der Waals surface area contributed by atoms with E-state index in [0.717, 1.165) is 13.1 Å². The van der Waals surface area contributed by atoms with Crippen LogP contribution in [0.4, 0.5) is 0 Å². The number of rotatable bonds is 2. The van der Waals surface area contributed by atoms with E-state index in [2.05, 4.69) is 35.3 Å². The average molecular weight is 230 g/mol. The molecule has 1 saturated heterocycles. The van der Waals surface area contributed by atoms with Crippen LogP contribution in [0.5, 0.6) is 0 Å². The summed E-state index contributed by atoms with van der Waals surface area (Å²) in [6.45, 7) is 8.24. The molecule has 2 aliphatic rings. The van der Waals surface area contributed by atoms with Crippen molar-refractivity contribution in [1.29, 1.82) is 0 Å². The van der Waals surface area contributed by atoms with Gasteiger partial charge in [-0.2, -0.15) is 0 Å². The van der Waals surface area contributed by atoms with Gasteiger partial charge in [-0.1, -0.05) is 23.8 Å². The number of benzene rings is 1. The second-order valence-corrected chi connectivity index (χ2v) is 5.54. The van der Waals surface area contributed by atoms with Crippen molar-refractivity contribution in [2.24, 2.45) is 0 Å². The van der Waals surface area contributed by atoms with Crippen LogP contribution in [0.15, 0.2) is 18.2 Å². The van der Waals surface area contributed by atoms with E-state index < -0.39 is 0 Å². The summed E-state index contributed by atoms with van der Waals surface area (Å²) in [5.41, 5.74) is 4.50. The van der Waals surface area contributed by atoms with Gasteiger partial charge in [-0.15, -0.1) is 0 Å². The zero-order chi connectivity index (χ0) is 11.7. The van der Waals surface area contributed by atoms with E-state index in [0.29, 0.717) is 5.92 Å². The lowest BCUT2D eigenvalue weighted by Gasteiger charge is -2.30. The Labute approximate surface area is 104 Å². The van der Waals surface area contributed by atoms with Crippen molar-refractivity contribution in [3.8, 4) is 0 Å². The van der Waals surface area contributed by atoms with Crippen molar-refractivity contribution < 1.29 is 0 Å². The summed E-state index contributed by atoms with van der Waals surface area (Å²) in [4.78, 5) is 2.63. The van der Waals surface area contributed by atoms with Crippen molar-refractivity contribution >= 4 is 0 Å². The average Bonchev–Trinajstić information content (AvgIpc) is 2.83. The lowest BCUT2D eigenvalue weighted by Crippen LogP contribution is -2.35. The summed E-state index contributed by atoms with van der Waals surface area (Å²) >= 11 is 0. The smallest absolute Gasteiger partial charge is 0.0208 e. The van der Waals surface area contributed by atoms with E-state index in [9.17, 15) is 0 Å². The number of likely N-dealkylation sites (tertiary alicyclic amines) is 1. The van der Waals surface area contributed by atoms with Gasteiger partial charge in [0.25, 0.3) is 0 Å². The Balaban J connectivity index is 1.80. The number of hydrogen-bond acceptors (Lipinski definition) is 2. The van der Waals surface area contributed by atoms with Crippen LogP contribution in [0.2, 0.25) is 0 Å². The molecule has 0 spiro atoms. The van der Waals surface area contributed by atoms with E-state index >= 15 is 0 Å². The van der Waals surface area contributed by atoms with Gasteiger partial charge < -0.3 is 10.2 Å². The summed E-state index contributed by atoms with van der Waals surface area (Å²) in [6.07, 6.45) is 2.78. The van der Waals surface area contributed by atoms with Crippen LogP contribution < -0.4 is 5.32 Å². The van der Waals surface area contributed by atoms with Crippen molar-refractivity contribution in [2.75, 3.05) is 26.2 Å². The Morgan fingerprint density at radius 3 is 2.94 bits per heavy atom. The molecule has 0 saturated carbocycles. The first-order valence-corrected chi connectivity index (χ1v) is 6.85. The lowest BCUT2D eigenvalue weighted by molar-refractivity contribution is 0.303. The molecule has 1 N–H and O–H groups in total. The standard InChI is InChI=1S/C15H22N2/c1-12-4-5-13-9-16-10-14(15(13)8-12)11-17-6-2-3-7-17/h4-5,8,14,16H,2-3,6-7,9-11H2,1H3. The predicted octanol–water partition coefficient (Wildman–Crippen LogP) is 2.28. The highest BCUT2D eigenvalue weighted by atomic mass is 15.1. The summed E-state index contributed by atoms with van der Waals surface area (Å²) in [5, 5.41) is 3.56. The molecule has 1 aromatic carbocycles. The van der Waals surface area contributed by atoms with Gasteiger partial charge in [-0.3, -0.25) is 0 Å². The molecular formula is C15H22N2. The zero-order valence-corrected chi connectivity index (χ0v) is 10.7. The molecule has 2 aliphatic heterocycles. The largest absolute Gasteiger partial charge is 0.312 e. The SMILES string of the molecule is Cc1ccc2c(c1)C(CN1CCCC1)CNC2. The fraction of sp³-hybridized carbons (Fsp3) is 0.600. The number of nitrogens with one attached hydrogen (secondary N) is 1. The molecule has 92 valence electrons. The molecular weight excluding hydrogens is 208 g/mol. The maximum Gasteiger partial charge on any atom is 0.0208 e. The number of nitrogens with zero attached hydrogens (tertiary/aromatic N) is 1. The van der Waals surface area contributed by atoms with Crippen LogP contribution in [0.25, 0.3) is 0 Å². The lowest BCUT2D eigenvalue weighted by atomic mass is 9.89. The Hall–Kier alpha value is -0.860. The van der Waals surface area contributed by atoms with E-state index in [4.69, 9.17) is 0 Å². The van der Waals surface area contributed by atoms with Gasteiger partial charge in [0.05, 0.1) is 0 Å². The molecule has 1 fully saturated rings. The molecule has 1 aromatic rings. The third-order valence-electron chi connectivity index (χ3n) is 4.12. The fourth-order valence-corrected chi connectivity index (χ4v) is 3.19. The Bertz CT molecular complexity index is 394. The number of fused-ring (bicyclic) bond motifs is 1. The predicted molar refractivity (Wildman–Crippen MR) is 71.3 cm³/mol. The van der Waals surface area contributed by atoms with Crippen LogP contribution in [0, 0.1) is 6.92 Å².